The molecule has 1 N–H and O–H groups in total. The molecule has 1 aliphatic carbocycles. The molecule has 0 aliphatic heterocycles. The summed E-state index contributed by atoms with van der Waals surface area (Å²) < 4.78 is 0. The van der Waals surface area contributed by atoms with Crippen LogP contribution >= 0.6 is 11.3 Å². The van der Waals surface area contributed by atoms with E-state index in [9.17, 15) is 0 Å². The smallest absolute Gasteiger partial charge is 0.113 e. The molecule has 0 amide bonds. The average molecular weight is 252 g/mol. The van der Waals surface area contributed by atoms with Gasteiger partial charge in [0.2, 0.25) is 0 Å². The van der Waals surface area contributed by atoms with Gasteiger partial charge in [0.15, 0.2) is 0 Å². The second kappa shape index (κ2) is 5.07. The molecule has 0 spiro atoms. The van der Waals surface area contributed by atoms with Gasteiger partial charge < -0.3 is 5.32 Å². The normalized spacial score (nSPS) is 34.2. The van der Waals surface area contributed by atoms with E-state index in [-0.39, 0.29) is 5.54 Å². The third-order valence-corrected chi connectivity index (χ3v) is 5.05. The molecule has 0 saturated heterocycles. The molecule has 1 aromatic rings. The van der Waals surface area contributed by atoms with Gasteiger partial charge in [0, 0.05) is 17.6 Å². The first-order valence-corrected chi connectivity index (χ1v) is 7.59. The topological polar surface area (TPSA) is 24.9 Å². The van der Waals surface area contributed by atoms with Crippen LogP contribution in [0, 0.1) is 11.8 Å². The van der Waals surface area contributed by atoms with Gasteiger partial charge in [0.1, 0.15) is 5.01 Å². The lowest BCUT2D eigenvalue weighted by atomic mass is 9.71. The van der Waals surface area contributed by atoms with E-state index >= 15 is 0 Å². The van der Waals surface area contributed by atoms with Crippen molar-refractivity contribution in [3.8, 4) is 0 Å². The predicted octanol–water partition coefficient (Wildman–Crippen LogP) is 3.79. The van der Waals surface area contributed by atoms with E-state index < -0.39 is 0 Å². The molecule has 3 heteroatoms. The van der Waals surface area contributed by atoms with Crippen molar-refractivity contribution >= 4 is 11.3 Å². The molecule has 1 aliphatic rings. The Morgan fingerprint density at radius 1 is 1.41 bits per heavy atom. The van der Waals surface area contributed by atoms with Crippen LogP contribution < -0.4 is 5.32 Å². The third-order valence-electron chi connectivity index (χ3n) is 4.07. The van der Waals surface area contributed by atoms with Gasteiger partial charge in [0.05, 0.1) is 5.54 Å². The zero-order chi connectivity index (χ0) is 12.5. The molecule has 0 bridgehead atoms. The van der Waals surface area contributed by atoms with Gasteiger partial charge in [-0.1, -0.05) is 13.8 Å². The van der Waals surface area contributed by atoms with E-state index in [1.54, 1.807) is 11.3 Å². The summed E-state index contributed by atoms with van der Waals surface area (Å²) in [5.41, 5.74) is 0.133. The number of thiazole rings is 1. The second-order valence-corrected chi connectivity index (χ2v) is 6.81. The molecule has 1 fully saturated rings. The first-order valence-electron chi connectivity index (χ1n) is 6.71. The maximum Gasteiger partial charge on any atom is 0.113 e. The third kappa shape index (κ3) is 2.71. The molecular weight excluding hydrogens is 228 g/mol. The van der Waals surface area contributed by atoms with Gasteiger partial charge in [-0.2, -0.15) is 0 Å². The van der Waals surface area contributed by atoms with Gasteiger partial charge in [-0.25, -0.2) is 4.98 Å². The van der Waals surface area contributed by atoms with Gasteiger partial charge in [0.25, 0.3) is 0 Å². The zero-order valence-electron chi connectivity index (χ0n) is 11.4. The number of nitrogens with one attached hydrogen (secondary N) is 1. The van der Waals surface area contributed by atoms with Gasteiger partial charge >= 0.3 is 0 Å². The fraction of sp³-hybridized carbons (Fsp3) is 0.786. The molecule has 0 radical (unpaired) electrons. The second-order valence-electron chi connectivity index (χ2n) is 5.92. The molecule has 2 nitrogen and oxygen atoms in total. The van der Waals surface area contributed by atoms with E-state index in [1.807, 2.05) is 6.20 Å². The largest absolute Gasteiger partial charge is 0.303 e. The summed E-state index contributed by atoms with van der Waals surface area (Å²) in [5, 5.41) is 7.18. The van der Waals surface area contributed by atoms with Crippen LogP contribution in [0.25, 0.3) is 0 Å². The number of aromatic nitrogens is 1. The molecule has 3 atom stereocenters. The summed E-state index contributed by atoms with van der Waals surface area (Å²) in [6.07, 6.45) is 5.69. The number of hydrogen-bond acceptors (Lipinski definition) is 3. The summed E-state index contributed by atoms with van der Waals surface area (Å²) in [7, 11) is 0. The Morgan fingerprint density at radius 2 is 2.18 bits per heavy atom. The summed E-state index contributed by atoms with van der Waals surface area (Å²) in [6.45, 7) is 9.23. The molecule has 96 valence electrons. The molecule has 1 saturated carbocycles. The fourth-order valence-electron chi connectivity index (χ4n) is 3.01. The molecule has 0 aromatic carbocycles. The quantitative estimate of drug-likeness (QED) is 0.885. The first kappa shape index (κ1) is 13.0. The standard InChI is InChI=1S/C14H24N2S/c1-10(2)16-14(13-15-7-8-17-13)6-5-11(3)12(4)9-14/h7-8,10-12,16H,5-6,9H2,1-4H3. The maximum atomic E-state index is 4.58. The minimum atomic E-state index is 0.133. The van der Waals surface area contributed by atoms with Crippen LogP contribution in [0.4, 0.5) is 0 Å². The Morgan fingerprint density at radius 3 is 2.71 bits per heavy atom. The monoisotopic (exact) mass is 252 g/mol. The van der Waals surface area contributed by atoms with Crippen LogP contribution in [-0.2, 0) is 5.54 Å². The van der Waals surface area contributed by atoms with Crippen LogP contribution in [-0.4, -0.2) is 11.0 Å². The molecule has 17 heavy (non-hydrogen) atoms. The maximum absolute atomic E-state index is 4.58. The Balaban J connectivity index is 2.25. The highest BCUT2D eigenvalue weighted by molar-refractivity contribution is 7.09. The van der Waals surface area contributed by atoms with Crippen LogP contribution in [0.15, 0.2) is 11.6 Å². The van der Waals surface area contributed by atoms with E-state index in [2.05, 4.69) is 43.4 Å². The van der Waals surface area contributed by atoms with Crippen molar-refractivity contribution in [1.82, 2.24) is 10.3 Å². The molecule has 1 aromatic heterocycles. The van der Waals surface area contributed by atoms with Crippen molar-refractivity contribution in [2.45, 2.75) is 58.5 Å². The van der Waals surface area contributed by atoms with Crippen LogP contribution in [0.1, 0.15) is 52.0 Å². The average Bonchev–Trinajstić information content (AvgIpc) is 2.76. The van der Waals surface area contributed by atoms with Crippen molar-refractivity contribution in [1.29, 1.82) is 0 Å². The van der Waals surface area contributed by atoms with E-state index in [0.717, 1.165) is 11.8 Å². The minimum absolute atomic E-state index is 0.133. The van der Waals surface area contributed by atoms with Crippen LogP contribution in [0.5, 0.6) is 0 Å². The Hall–Kier alpha value is -0.410. The Bertz CT molecular complexity index is 347. The SMILES string of the molecule is CC(C)NC1(c2nccs2)CCC(C)C(C)C1. The highest BCUT2D eigenvalue weighted by Crippen LogP contribution is 2.43. The van der Waals surface area contributed by atoms with Crippen molar-refractivity contribution in [2.75, 3.05) is 0 Å². The summed E-state index contributed by atoms with van der Waals surface area (Å²) in [6, 6.07) is 0.513. The fourth-order valence-corrected chi connectivity index (χ4v) is 3.85. The molecule has 3 unspecified atom stereocenters. The Labute approximate surface area is 109 Å². The van der Waals surface area contributed by atoms with E-state index in [1.165, 1.54) is 24.3 Å². The predicted molar refractivity (Wildman–Crippen MR) is 74.2 cm³/mol. The highest BCUT2D eigenvalue weighted by atomic mass is 32.1. The van der Waals surface area contributed by atoms with Gasteiger partial charge in [-0.05, 0) is 44.9 Å². The van der Waals surface area contributed by atoms with Crippen LogP contribution in [0.2, 0.25) is 0 Å². The van der Waals surface area contributed by atoms with E-state index in [4.69, 9.17) is 0 Å². The minimum Gasteiger partial charge on any atom is -0.303 e. The lowest BCUT2D eigenvalue weighted by Gasteiger charge is -2.43. The number of nitrogens with zero attached hydrogens (tertiary/aromatic N) is 1. The highest BCUT2D eigenvalue weighted by Gasteiger charge is 2.41. The van der Waals surface area contributed by atoms with Gasteiger partial charge in [-0.15, -0.1) is 11.3 Å². The Kier molecular flexibility index (Phi) is 3.88. The first-order chi connectivity index (χ1) is 8.03. The summed E-state index contributed by atoms with van der Waals surface area (Å²) >= 11 is 1.80. The lowest BCUT2D eigenvalue weighted by Crippen LogP contribution is -2.50. The van der Waals surface area contributed by atoms with Crippen molar-refractivity contribution < 1.29 is 0 Å². The van der Waals surface area contributed by atoms with Crippen molar-refractivity contribution in [3.63, 3.8) is 0 Å². The number of hydrogen-bond donors (Lipinski definition) is 1. The summed E-state index contributed by atoms with van der Waals surface area (Å²) in [5.74, 6) is 1.62. The molecule has 2 rings (SSSR count). The van der Waals surface area contributed by atoms with Gasteiger partial charge in [-0.3, -0.25) is 0 Å². The van der Waals surface area contributed by atoms with Crippen molar-refractivity contribution in [3.05, 3.63) is 16.6 Å². The number of rotatable bonds is 3. The van der Waals surface area contributed by atoms with Crippen LogP contribution in [0.3, 0.4) is 0 Å². The van der Waals surface area contributed by atoms with Crippen molar-refractivity contribution in [2.24, 2.45) is 11.8 Å². The molecule has 1 heterocycles. The lowest BCUT2D eigenvalue weighted by molar-refractivity contribution is 0.131. The zero-order valence-corrected chi connectivity index (χ0v) is 12.2. The van der Waals surface area contributed by atoms with E-state index in [0.29, 0.717) is 6.04 Å². The molecular formula is C14H24N2S. The summed E-state index contributed by atoms with van der Waals surface area (Å²) in [4.78, 5) is 4.58.